The molecule has 0 saturated carbocycles. The van der Waals surface area contributed by atoms with Gasteiger partial charge in [0.1, 0.15) is 0 Å². The minimum atomic E-state index is -0.0103. The molecule has 6 nitrogen and oxygen atoms in total. The van der Waals surface area contributed by atoms with Gasteiger partial charge < -0.3 is 10.1 Å². The molecule has 0 spiro atoms. The Bertz CT molecular complexity index is 1170. The summed E-state index contributed by atoms with van der Waals surface area (Å²) >= 11 is 3.10. The summed E-state index contributed by atoms with van der Waals surface area (Å²) in [5, 5.41) is 7.55. The van der Waals surface area contributed by atoms with Gasteiger partial charge in [-0.3, -0.25) is 9.36 Å². The van der Waals surface area contributed by atoms with Crippen molar-refractivity contribution in [1.29, 1.82) is 0 Å². The summed E-state index contributed by atoms with van der Waals surface area (Å²) in [6.45, 7) is 1.18. The summed E-state index contributed by atoms with van der Waals surface area (Å²) in [7, 11) is 1.67. The van der Waals surface area contributed by atoms with Gasteiger partial charge >= 0.3 is 0 Å². The summed E-state index contributed by atoms with van der Waals surface area (Å²) in [4.78, 5) is 22.4. The van der Waals surface area contributed by atoms with Gasteiger partial charge in [-0.15, -0.1) is 11.3 Å². The highest BCUT2D eigenvalue weighted by molar-refractivity contribution is 7.98. The fourth-order valence-electron chi connectivity index (χ4n) is 3.04. The molecule has 0 unspecified atom stereocenters. The topological polar surface area (TPSA) is 69.0 Å². The van der Waals surface area contributed by atoms with Crippen LogP contribution in [0, 0.1) is 0 Å². The van der Waals surface area contributed by atoms with Crippen LogP contribution in [0.15, 0.2) is 69.9 Å². The van der Waals surface area contributed by atoms with Crippen LogP contribution in [0.4, 0.5) is 10.8 Å². The maximum atomic E-state index is 13.0. The second-order valence-electron chi connectivity index (χ2n) is 6.64. The Morgan fingerprint density at radius 3 is 2.73 bits per heavy atom. The summed E-state index contributed by atoms with van der Waals surface area (Å²) in [5.41, 5.74) is 2.67. The van der Waals surface area contributed by atoms with Gasteiger partial charge in [-0.1, -0.05) is 42.1 Å². The third-order valence-corrected chi connectivity index (χ3v) is 6.30. The second-order valence-corrected chi connectivity index (χ2v) is 8.44. The molecule has 2 aromatic carbocycles. The number of rotatable bonds is 9. The largest absolute Gasteiger partial charge is 0.385 e. The van der Waals surface area contributed by atoms with Crippen molar-refractivity contribution in [2.24, 2.45) is 0 Å². The number of nitrogens with one attached hydrogen (secondary N) is 1. The minimum Gasteiger partial charge on any atom is -0.385 e. The summed E-state index contributed by atoms with van der Waals surface area (Å²) < 4.78 is 6.91. The number of hydrogen-bond donors (Lipinski definition) is 1. The molecule has 2 aromatic heterocycles. The fraction of sp³-hybridized carbons (Fsp3) is 0.227. The van der Waals surface area contributed by atoms with Crippen LogP contribution in [0.3, 0.4) is 0 Å². The number of anilines is 2. The molecule has 1 N–H and O–H groups in total. The van der Waals surface area contributed by atoms with Crippen molar-refractivity contribution in [2.45, 2.75) is 23.9 Å². The highest BCUT2D eigenvalue weighted by atomic mass is 32.2. The van der Waals surface area contributed by atoms with E-state index >= 15 is 0 Å². The van der Waals surface area contributed by atoms with Crippen LogP contribution < -0.4 is 10.9 Å². The van der Waals surface area contributed by atoms with E-state index in [1.165, 1.54) is 11.8 Å². The lowest BCUT2D eigenvalue weighted by atomic mass is 10.2. The van der Waals surface area contributed by atoms with Crippen molar-refractivity contribution in [2.75, 3.05) is 19.0 Å². The number of para-hydroxylation sites is 2. The zero-order chi connectivity index (χ0) is 20.8. The smallest absolute Gasteiger partial charge is 0.262 e. The van der Waals surface area contributed by atoms with E-state index in [0.29, 0.717) is 29.4 Å². The fourth-order valence-corrected chi connectivity index (χ4v) is 4.79. The van der Waals surface area contributed by atoms with Crippen molar-refractivity contribution in [3.8, 4) is 0 Å². The van der Waals surface area contributed by atoms with Crippen LogP contribution in [0.1, 0.15) is 12.1 Å². The van der Waals surface area contributed by atoms with Gasteiger partial charge in [0.25, 0.3) is 5.56 Å². The first-order valence-electron chi connectivity index (χ1n) is 9.62. The number of fused-ring (bicyclic) bond motifs is 1. The summed E-state index contributed by atoms with van der Waals surface area (Å²) in [5.74, 6) is 0.641. The molecule has 0 aliphatic carbocycles. The van der Waals surface area contributed by atoms with E-state index in [0.717, 1.165) is 28.5 Å². The van der Waals surface area contributed by atoms with E-state index in [2.05, 4.69) is 10.3 Å². The molecule has 0 aliphatic heterocycles. The van der Waals surface area contributed by atoms with Crippen LogP contribution in [-0.4, -0.2) is 28.3 Å². The van der Waals surface area contributed by atoms with Crippen molar-refractivity contribution >= 4 is 44.8 Å². The molecule has 0 atom stereocenters. The quantitative estimate of drug-likeness (QED) is 0.227. The summed E-state index contributed by atoms with van der Waals surface area (Å²) in [6.07, 6.45) is 0.756. The Morgan fingerprint density at radius 1 is 1.10 bits per heavy atom. The normalized spacial score (nSPS) is 11.1. The Balaban J connectivity index is 1.53. The maximum Gasteiger partial charge on any atom is 0.262 e. The molecule has 154 valence electrons. The molecule has 0 radical (unpaired) electrons. The first-order valence-corrected chi connectivity index (χ1v) is 11.5. The number of thiazole rings is 1. The molecule has 0 saturated heterocycles. The predicted molar refractivity (Wildman–Crippen MR) is 124 cm³/mol. The van der Waals surface area contributed by atoms with Gasteiger partial charge in [-0.25, -0.2) is 9.97 Å². The molecule has 30 heavy (non-hydrogen) atoms. The van der Waals surface area contributed by atoms with Gasteiger partial charge in [-0.05, 0) is 30.7 Å². The number of aromatic nitrogens is 3. The molecular weight excluding hydrogens is 416 g/mol. The SMILES string of the molecule is COCCCn1c(SCc2csc(Nc3ccccc3)n2)nc2ccccc2c1=O. The molecule has 4 aromatic rings. The van der Waals surface area contributed by atoms with E-state index < -0.39 is 0 Å². The lowest BCUT2D eigenvalue weighted by Gasteiger charge is -2.12. The van der Waals surface area contributed by atoms with Crippen LogP contribution in [0.5, 0.6) is 0 Å². The van der Waals surface area contributed by atoms with Crippen molar-refractivity contribution in [3.63, 3.8) is 0 Å². The number of hydrogen-bond acceptors (Lipinski definition) is 7. The Labute approximate surface area is 183 Å². The van der Waals surface area contributed by atoms with E-state index in [1.807, 2.05) is 60.0 Å². The van der Waals surface area contributed by atoms with Crippen LogP contribution in [0.2, 0.25) is 0 Å². The van der Waals surface area contributed by atoms with Crippen molar-refractivity contribution < 1.29 is 4.74 Å². The first kappa shape index (κ1) is 20.6. The molecule has 8 heteroatoms. The molecule has 0 aliphatic rings. The Hall–Kier alpha value is -2.68. The second kappa shape index (κ2) is 9.88. The van der Waals surface area contributed by atoms with Crippen molar-refractivity contribution in [1.82, 2.24) is 14.5 Å². The highest BCUT2D eigenvalue weighted by Crippen LogP contribution is 2.26. The van der Waals surface area contributed by atoms with Gasteiger partial charge in [0.15, 0.2) is 10.3 Å². The Morgan fingerprint density at radius 2 is 1.90 bits per heavy atom. The average Bonchev–Trinajstić information content (AvgIpc) is 3.22. The molecule has 2 heterocycles. The minimum absolute atomic E-state index is 0.0103. The number of thioether (sulfide) groups is 1. The lowest BCUT2D eigenvalue weighted by Crippen LogP contribution is -2.24. The van der Waals surface area contributed by atoms with Crippen LogP contribution in [0.25, 0.3) is 10.9 Å². The number of nitrogens with zero attached hydrogens (tertiary/aromatic N) is 3. The van der Waals surface area contributed by atoms with E-state index in [4.69, 9.17) is 9.72 Å². The van der Waals surface area contributed by atoms with Gasteiger partial charge in [0.2, 0.25) is 0 Å². The zero-order valence-electron chi connectivity index (χ0n) is 16.6. The summed E-state index contributed by atoms with van der Waals surface area (Å²) in [6, 6.07) is 17.5. The third-order valence-electron chi connectivity index (χ3n) is 4.48. The molecule has 0 bridgehead atoms. The predicted octanol–water partition coefficient (Wildman–Crippen LogP) is 4.93. The molecular formula is C22H22N4O2S2. The highest BCUT2D eigenvalue weighted by Gasteiger charge is 2.12. The van der Waals surface area contributed by atoms with Gasteiger partial charge in [0.05, 0.1) is 16.6 Å². The van der Waals surface area contributed by atoms with Crippen molar-refractivity contribution in [3.05, 3.63) is 76.0 Å². The Kier molecular flexibility index (Phi) is 6.78. The molecule has 0 fully saturated rings. The van der Waals surface area contributed by atoms with Gasteiger partial charge in [-0.2, -0.15) is 0 Å². The number of methoxy groups -OCH3 is 1. The van der Waals surface area contributed by atoms with Crippen LogP contribution >= 0.6 is 23.1 Å². The molecule has 0 amide bonds. The maximum absolute atomic E-state index is 13.0. The zero-order valence-corrected chi connectivity index (χ0v) is 18.2. The van der Waals surface area contributed by atoms with Gasteiger partial charge in [0, 0.05) is 37.1 Å². The average molecular weight is 439 g/mol. The first-order chi connectivity index (χ1) is 14.7. The van der Waals surface area contributed by atoms with Crippen LogP contribution in [-0.2, 0) is 17.0 Å². The lowest BCUT2D eigenvalue weighted by molar-refractivity contribution is 0.189. The van der Waals surface area contributed by atoms with E-state index in [1.54, 1.807) is 23.0 Å². The standard InChI is InChI=1S/C22H22N4O2S2/c1-28-13-7-12-26-20(27)18-10-5-6-11-19(18)25-22(26)30-15-17-14-29-21(24-17)23-16-8-3-2-4-9-16/h2-6,8-11,14H,7,12-13,15H2,1H3,(H,23,24). The monoisotopic (exact) mass is 438 g/mol. The number of ether oxygens (including phenoxy) is 1. The third kappa shape index (κ3) is 4.89. The van der Waals surface area contributed by atoms with E-state index in [-0.39, 0.29) is 5.56 Å². The number of benzene rings is 2. The van der Waals surface area contributed by atoms with E-state index in [9.17, 15) is 4.79 Å². The molecule has 4 rings (SSSR count).